The molecule has 10 heteroatoms. The van der Waals surface area contributed by atoms with Crippen molar-refractivity contribution in [3.05, 3.63) is 85.0 Å². The van der Waals surface area contributed by atoms with Gasteiger partial charge < -0.3 is 19.3 Å². The Labute approximate surface area is 222 Å². The third-order valence-electron chi connectivity index (χ3n) is 5.87. The first-order chi connectivity index (χ1) is 18.5. The molecule has 38 heavy (non-hydrogen) atoms. The SMILES string of the molecule is O=C(O)CCCCCCCCC(=O)O.c1cc(Cn2ccnc2-c2nccn2Cc2ccncc2)ccn1. The average Bonchev–Trinajstić information content (AvgIpc) is 3.56. The third-order valence-corrected chi connectivity index (χ3v) is 5.87. The summed E-state index contributed by atoms with van der Waals surface area (Å²) in [5, 5.41) is 16.7. The van der Waals surface area contributed by atoms with Crippen LogP contribution in [0.25, 0.3) is 11.6 Å². The molecule has 0 atom stereocenters. The number of nitrogens with zero attached hydrogens (tertiary/aromatic N) is 6. The number of aromatic nitrogens is 6. The quantitative estimate of drug-likeness (QED) is 0.225. The van der Waals surface area contributed by atoms with Gasteiger partial charge in [0.05, 0.1) is 0 Å². The first-order valence-corrected chi connectivity index (χ1v) is 12.8. The number of carboxylic acids is 2. The Hall–Kier alpha value is -4.34. The van der Waals surface area contributed by atoms with Crippen molar-refractivity contribution in [1.29, 1.82) is 0 Å². The predicted octanol–water partition coefficient (Wildman–Crippen LogP) is 4.91. The minimum absolute atomic E-state index is 0.245. The molecule has 0 saturated carbocycles. The van der Waals surface area contributed by atoms with Gasteiger partial charge in [-0.25, -0.2) is 9.97 Å². The molecule has 4 heterocycles. The first kappa shape index (κ1) is 28.2. The van der Waals surface area contributed by atoms with Crippen LogP contribution in [0.2, 0.25) is 0 Å². The van der Waals surface area contributed by atoms with Gasteiger partial charge in [-0.3, -0.25) is 19.6 Å². The van der Waals surface area contributed by atoms with Crippen LogP contribution in [-0.4, -0.2) is 51.2 Å². The number of hydrogen-bond donors (Lipinski definition) is 2. The van der Waals surface area contributed by atoms with Crippen LogP contribution in [0.4, 0.5) is 0 Å². The molecular formula is C28H34N6O4. The minimum atomic E-state index is -0.740. The smallest absolute Gasteiger partial charge is 0.303 e. The van der Waals surface area contributed by atoms with Gasteiger partial charge in [0.2, 0.25) is 0 Å². The normalized spacial score (nSPS) is 10.5. The zero-order valence-corrected chi connectivity index (χ0v) is 21.4. The molecule has 0 bridgehead atoms. The Bertz CT molecular complexity index is 1140. The lowest BCUT2D eigenvalue weighted by Gasteiger charge is -2.10. The van der Waals surface area contributed by atoms with E-state index in [0.29, 0.717) is 0 Å². The molecule has 0 aromatic carbocycles. The van der Waals surface area contributed by atoms with Crippen LogP contribution in [0, 0.1) is 0 Å². The highest BCUT2D eigenvalue weighted by molar-refractivity contribution is 5.66. The summed E-state index contributed by atoms with van der Waals surface area (Å²) < 4.78 is 4.20. The summed E-state index contributed by atoms with van der Waals surface area (Å²) in [5.74, 6) is 0.225. The van der Waals surface area contributed by atoms with Crippen molar-refractivity contribution < 1.29 is 19.8 Å². The fourth-order valence-corrected chi connectivity index (χ4v) is 3.92. The summed E-state index contributed by atoms with van der Waals surface area (Å²) in [7, 11) is 0. The monoisotopic (exact) mass is 518 g/mol. The lowest BCUT2D eigenvalue weighted by Crippen LogP contribution is -2.07. The molecule has 2 N–H and O–H groups in total. The minimum Gasteiger partial charge on any atom is -0.481 e. The Balaban J connectivity index is 0.000000247. The number of aliphatic carboxylic acids is 2. The van der Waals surface area contributed by atoms with Gasteiger partial charge in [-0.05, 0) is 48.2 Å². The molecule has 4 rings (SSSR count). The van der Waals surface area contributed by atoms with Gasteiger partial charge in [0, 0.05) is 75.5 Å². The number of pyridine rings is 2. The lowest BCUT2D eigenvalue weighted by molar-refractivity contribution is -0.138. The second kappa shape index (κ2) is 15.7. The van der Waals surface area contributed by atoms with Gasteiger partial charge in [-0.1, -0.05) is 25.7 Å². The molecule has 0 spiro atoms. The summed E-state index contributed by atoms with van der Waals surface area (Å²) in [6.07, 6.45) is 20.6. The van der Waals surface area contributed by atoms with Crippen molar-refractivity contribution in [3.8, 4) is 11.6 Å². The van der Waals surface area contributed by atoms with E-state index < -0.39 is 11.9 Å². The van der Waals surface area contributed by atoms with E-state index in [2.05, 4.69) is 29.1 Å². The standard InChI is InChI=1S/C18H16N6.C10H18O4/c1-5-19-6-2-15(1)13-23-11-9-21-17(23)18-22-10-12-24(18)14-16-3-7-20-8-4-16;11-9(12)7-5-3-1-2-4-6-8-10(13)14/h1-12H,13-14H2;1-8H2,(H,11,12)(H,13,14). The topological polar surface area (TPSA) is 136 Å². The van der Waals surface area contributed by atoms with Crippen molar-refractivity contribution in [2.75, 3.05) is 0 Å². The number of imidazole rings is 2. The van der Waals surface area contributed by atoms with E-state index in [1.165, 1.54) is 11.1 Å². The zero-order valence-electron chi connectivity index (χ0n) is 21.4. The van der Waals surface area contributed by atoms with Crippen LogP contribution in [0.5, 0.6) is 0 Å². The summed E-state index contributed by atoms with van der Waals surface area (Å²) >= 11 is 0. The van der Waals surface area contributed by atoms with E-state index in [1.54, 1.807) is 24.8 Å². The molecule has 0 aliphatic heterocycles. The van der Waals surface area contributed by atoms with Crippen molar-refractivity contribution in [2.45, 2.75) is 64.5 Å². The lowest BCUT2D eigenvalue weighted by atomic mass is 10.1. The van der Waals surface area contributed by atoms with Gasteiger partial charge in [-0.15, -0.1) is 0 Å². The van der Waals surface area contributed by atoms with Gasteiger partial charge in [0.15, 0.2) is 11.6 Å². The van der Waals surface area contributed by atoms with Crippen LogP contribution < -0.4 is 0 Å². The van der Waals surface area contributed by atoms with Crippen molar-refractivity contribution in [2.24, 2.45) is 0 Å². The molecule has 0 amide bonds. The number of rotatable bonds is 14. The van der Waals surface area contributed by atoms with Gasteiger partial charge in [0.25, 0.3) is 0 Å². The summed E-state index contributed by atoms with van der Waals surface area (Å²) in [4.78, 5) is 37.4. The second-order valence-electron chi connectivity index (χ2n) is 8.88. The molecule has 0 unspecified atom stereocenters. The predicted molar refractivity (Wildman–Crippen MR) is 142 cm³/mol. The Kier molecular flexibility index (Phi) is 11.7. The van der Waals surface area contributed by atoms with E-state index in [4.69, 9.17) is 10.2 Å². The molecule has 4 aromatic heterocycles. The summed E-state index contributed by atoms with van der Waals surface area (Å²) in [6.45, 7) is 1.47. The molecule has 0 aliphatic carbocycles. The van der Waals surface area contributed by atoms with Crippen LogP contribution in [0.3, 0.4) is 0 Å². The highest BCUT2D eigenvalue weighted by atomic mass is 16.4. The van der Waals surface area contributed by atoms with Crippen LogP contribution >= 0.6 is 0 Å². The fraction of sp³-hybridized carbons (Fsp3) is 0.357. The molecule has 0 saturated heterocycles. The van der Waals surface area contributed by atoms with E-state index in [0.717, 1.165) is 63.3 Å². The van der Waals surface area contributed by atoms with Crippen molar-refractivity contribution >= 4 is 11.9 Å². The zero-order chi connectivity index (χ0) is 27.0. The molecule has 0 aliphatic rings. The third kappa shape index (κ3) is 9.96. The Morgan fingerprint density at radius 2 is 0.947 bits per heavy atom. The van der Waals surface area contributed by atoms with Crippen LogP contribution in [-0.2, 0) is 22.7 Å². The Morgan fingerprint density at radius 3 is 1.32 bits per heavy atom. The molecule has 10 nitrogen and oxygen atoms in total. The summed E-state index contributed by atoms with van der Waals surface area (Å²) in [5.41, 5.74) is 2.35. The largest absolute Gasteiger partial charge is 0.481 e. The van der Waals surface area contributed by atoms with Gasteiger partial charge in [-0.2, -0.15) is 0 Å². The fourth-order valence-electron chi connectivity index (χ4n) is 3.92. The molecule has 0 radical (unpaired) electrons. The Morgan fingerprint density at radius 1 is 0.579 bits per heavy atom. The molecule has 200 valence electrons. The maximum absolute atomic E-state index is 10.1. The van der Waals surface area contributed by atoms with E-state index in [9.17, 15) is 9.59 Å². The van der Waals surface area contributed by atoms with E-state index >= 15 is 0 Å². The van der Waals surface area contributed by atoms with Crippen LogP contribution in [0.1, 0.15) is 62.5 Å². The second-order valence-corrected chi connectivity index (χ2v) is 8.88. The number of unbranched alkanes of at least 4 members (excludes halogenated alkanes) is 5. The molecular weight excluding hydrogens is 484 g/mol. The number of hydrogen-bond acceptors (Lipinski definition) is 6. The highest BCUT2D eigenvalue weighted by Crippen LogP contribution is 2.18. The van der Waals surface area contributed by atoms with E-state index in [-0.39, 0.29) is 12.8 Å². The van der Waals surface area contributed by atoms with Gasteiger partial charge in [0.1, 0.15) is 0 Å². The first-order valence-electron chi connectivity index (χ1n) is 12.8. The van der Waals surface area contributed by atoms with Crippen molar-refractivity contribution in [1.82, 2.24) is 29.1 Å². The molecule has 4 aromatic rings. The average molecular weight is 519 g/mol. The number of carboxylic acid groups (broad SMARTS) is 2. The summed E-state index contributed by atoms with van der Waals surface area (Å²) in [6, 6.07) is 8.03. The van der Waals surface area contributed by atoms with Crippen molar-refractivity contribution in [3.63, 3.8) is 0 Å². The van der Waals surface area contributed by atoms with E-state index in [1.807, 2.05) is 49.1 Å². The maximum Gasteiger partial charge on any atom is 0.303 e. The number of carbonyl (C=O) groups is 2. The van der Waals surface area contributed by atoms with Crippen LogP contribution in [0.15, 0.2) is 73.8 Å². The molecule has 0 fully saturated rings. The van der Waals surface area contributed by atoms with Gasteiger partial charge >= 0.3 is 11.9 Å². The maximum atomic E-state index is 10.1. The highest BCUT2D eigenvalue weighted by Gasteiger charge is 2.13.